The van der Waals surface area contributed by atoms with Crippen LogP contribution in [0.5, 0.6) is 0 Å². The Labute approximate surface area is 114 Å². The Balaban J connectivity index is 3.05. The van der Waals surface area contributed by atoms with E-state index < -0.39 is 17.6 Å². The van der Waals surface area contributed by atoms with Crippen molar-refractivity contribution in [2.75, 3.05) is 5.32 Å². The van der Waals surface area contributed by atoms with Crippen molar-refractivity contribution in [3.8, 4) is 0 Å². The molecule has 2 nitrogen and oxygen atoms in total. The van der Waals surface area contributed by atoms with Crippen LogP contribution in [0.25, 0.3) is 0 Å². The van der Waals surface area contributed by atoms with Gasteiger partial charge < -0.3 is 5.32 Å². The SMILES string of the molecule is CCC(CC)C(=O)Nc1ccc(Cl)cc1C(F)(F)F. The fraction of sp³-hybridized carbons (Fsp3) is 0.462. The van der Waals surface area contributed by atoms with Crippen molar-refractivity contribution >= 4 is 23.2 Å². The molecule has 1 aromatic carbocycles. The molecule has 0 fully saturated rings. The van der Waals surface area contributed by atoms with Gasteiger partial charge in [-0.15, -0.1) is 0 Å². The van der Waals surface area contributed by atoms with Gasteiger partial charge >= 0.3 is 6.18 Å². The fourth-order valence-electron chi connectivity index (χ4n) is 1.75. The predicted molar refractivity (Wildman–Crippen MR) is 69.2 cm³/mol. The lowest BCUT2D eigenvalue weighted by Crippen LogP contribution is -2.23. The number of nitrogens with one attached hydrogen (secondary N) is 1. The highest BCUT2D eigenvalue weighted by Crippen LogP contribution is 2.36. The number of hydrogen-bond acceptors (Lipinski definition) is 1. The van der Waals surface area contributed by atoms with Crippen LogP contribution in [0.2, 0.25) is 5.02 Å². The minimum absolute atomic E-state index is 0.0205. The summed E-state index contributed by atoms with van der Waals surface area (Å²) in [6.45, 7) is 3.64. The molecule has 0 aromatic heterocycles. The Hall–Kier alpha value is -1.23. The number of halogens is 4. The molecule has 0 aliphatic heterocycles. The van der Waals surface area contributed by atoms with Crippen molar-refractivity contribution < 1.29 is 18.0 Å². The van der Waals surface area contributed by atoms with Gasteiger partial charge in [0.1, 0.15) is 0 Å². The van der Waals surface area contributed by atoms with E-state index in [-0.39, 0.29) is 16.6 Å². The quantitative estimate of drug-likeness (QED) is 0.854. The normalized spacial score (nSPS) is 11.7. The Bertz CT molecular complexity index is 456. The summed E-state index contributed by atoms with van der Waals surface area (Å²) in [4.78, 5) is 11.8. The molecule has 106 valence electrons. The highest BCUT2D eigenvalue weighted by Gasteiger charge is 2.34. The van der Waals surface area contributed by atoms with E-state index in [1.165, 1.54) is 12.1 Å². The number of anilines is 1. The number of carbonyl (C=O) groups excluding carboxylic acids is 1. The third kappa shape index (κ3) is 4.13. The van der Waals surface area contributed by atoms with Gasteiger partial charge in [-0.25, -0.2) is 0 Å². The highest BCUT2D eigenvalue weighted by molar-refractivity contribution is 6.30. The monoisotopic (exact) mass is 293 g/mol. The average molecular weight is 294 g/mol. The molecule has 6 heteroatoms. The van der Waals surface area contributed by atoms with E-state index in [4.69, 9.17) is 11.6 Å². The number of rotatable bonds is 4. The molecule has 0 atom stereocenters. The van der Waals surface area contributed by atoms with E-state index in [9.17, 15) is 18.0 Å². The molecule has 0 saturated heterocycles. The van der Waals surface area contributed by atoms with E-state index >= 15 is 0 Å². The van der Waals surface area contributed by atoms with Crippen LogP contribution in [-0.4, -0.2) is 5.91 Å². The number of hydrogen-bond donors (Lipinski definition) is 1. The van der Waals surface area contributed by atoms with Crippen molar-refractivity contribution in [1.82, 2.24) is 0 Å². The molecule has 0 radical (unpaired) electrons. The summed E-state index contributed by atoms with van der Waals surface area (Å²) >= 11 is 5.56. The molecule has 0 bridgehead atoms. The first-order valence-corrected chi connectivity index (χ1v) is 6.35. The molecule has 19 heavy (non-hydrogen) atoms. The van der Waals surface area contributed by atoms with Gasteiger partial charge in [0.25, 0.3) is 0 Å². The molecule has 0 heterocycles. The summed E-state index contributed by atoms with van der Waals surface area (Å²) < 4.78 is 38.5. The summed E-state index contributed by atoms with van der Waals surface area (Å²) in [5.41, 5.74) is -1.19. The van der Waals surface area contributed by atoms with Crippen molar-refractivity contribution in [1.29, 1.82) is 0 Å². The standard InChI is InChI=1S/C13H15ClF3NO/c1-3-8(4-2)12(19)18-11-6-5-9(14)7-10(11)13(15,16)17/h5-8H,3-4H2,1-2H3,(H,18,19). The number of amides is 1. The number of benzene rings is 1. The van der Waals surface area contributed by atoms with Crippen LogP contribution in [0.1, 0.15) is 32.3 Å². The van der Waals surface area contributed by atoms with E-state index in [2.05, 4.69) is 5.32 Å². The molecule has 1 amide bonds. The summed E-state index contributed by atoms with van der Waals surface area (Å²) in [5, 5.41) is 2.31. The average Bonchev–Trinajstić information content (AvgIpc) is 2.31. The largest absolute Gasteiger partial charge is 0.418 e. The van der Waals surface area contributed by atoms with Gasteiger partial charge in [-0.05, 0) is 31.0 Å². The molecule has 0 aliphatic rings. The molecule has 0 aliphatic carbocycles. The van der Waals surface area contributed by atoms with Gasteiger partial charge in [0, 0.05) is 10.9 Å². The summed E-state index contributed by atoms with van der Waals surface area (Å²) in [6.07, 6.45) is -3.39. The van der Waals surface area contributed by atoms with E-state index in [0.29, 0.717) is 12.8 Å². The van der Waals surface area contributed by atoms with Gasteiger partial charge in [-0.1, -0.05) is 25.4 Å². The molecular weight excluding hydrogens is 279 g/mol. The zero-order valence-corrected chi connectivity index (χ0v) is 11.4. The van der Waals surface area contributed by atoms with Crippen molar-refractivity contribution in [2.45, 2.75) is 32.9 Å². The van der Waals surface area contributed by atoms with Gasteiger partial charge in [0.2, 0.25) is 5.91 Å². The smallest absolute Gasteiger partial charge is 0.325 e. The van der Waals surface area contributed by atoms with Gasteiger partial charge in [-0.2, -0.15) is 13.2 Å². The molecule has 1 aromatic rings. The summed E-state index contributed by atoms with van der Waals surface area (Å²) in [6, 6.07) is 3.30. The van der Waals surface area contributed by atoms with Gasteiger partial charge in [0.15, 0.2) is 0 Å². The third-order valence-electron chi connectivity index (χ3n) is 2.90. The zero-order valence-electron chi connectivity index (χ0n) is 10.6. The lowest BCUT2D eigenvalue weighted by Gasteiger charge is -2.17. The summed E-state index contributed by atoms with van der Waals surface area (Å²) in [7, 11) is 0. The topological polar surface area (TPSA) is 29.1 Å². The second-order valence-electron chi connectivity index (χ2n) is 4.19. The second kappa shape index (κ2) is 6.28. The highest BCUT2D eigenvalue weighted by atomic mass is 35.5. The van der Waals surface area contributed by atoms with Crippen LogP contribution in [0.15, 0.2) is 18.2 Å². The maximum absolute atomic E-state index is 12.8. The first-order valence-electron chi connectivity index (χ1n) is 5.97. The molecule has 0 unspecified atom stereocenters. The lowest BCUT2D eigenvalue weighted by molar-refractivity contribution is -0.137. The maximum Gasteiger partial charge on any atom is 0.418 e. The van der Waals surface area contributed by atoms with E-state index in [0.717, 1.165) is 6.07 Å². The Kier molecular flexibility index (Phi) is 5.23. The van der Waals surface area contributed by atoms with E-state index in [1.54, 1.807) is 0 Å². The van der Waals surface area contributed by atoms with Gasteiger partial charge in [-0.3, -0.25) is 4.79 Å². The van der Waals surface area contributed by atoms with Crippen LogP contribution in [0.3, 0.4) is 0 Å². The third-order valence-corrected chi connectivity index (χ3v) is 3.14. The first kappa shape index (κ1) is 15.8. The van der Waals surface area contributed by atoms with Crippen molar-refractivity contribution in [3.63, 3.8) is 0 Å². The van der Waals surface area contributed by atoms with Crippen LogP contribution in [0.4, 0.5) is 18.9 Å². The molecule has 0 spiro atoms. The zero-order chi connectivity index (χ0) is 14.6. The predicted octanol–water partition coefficient (Wildman–Crippen LogP) is 4.73. The van der Waals surface area contributed by atoms with E-state index in [1.807, 2.05) is 13.8 Å². The number of alkyl halides is 3. The van der Waals surface area contributed by atoms with Crippen molar-refractivity contribution in [3.05, 3.63) is 28.8 Å². The lowest BCUT2D eigenvalue weighted by atomic mass is 10.0. The molecular formula is C13H15ClF3NO. The molecule has 1 rings (SSSR count). The van der Waals surface area contributed by atoms with Gasteiger partial charge in [0.05, 0.1) is 11.3 Å². The van der Waals surface area contributed by atoms with Crippen molar-refractivity contribution in [2.24, 2.45) is 5.92 Å². The Morgan fingerprint density at radius 3 is 2.37 bits per heavy atom. The minimum atomic E-state index is -4.55. The van der Waals surface area contributed by atoms with Crippen LogP contribution in [0, 0.1) is 5.92 Å². The number of carbonyl (C=O) groups is 1. The maximum atomic E-state index is 12.8. The molecule has 0 saturated carbocycles. The van der Waals surface area contributed by atoms with Crippen LogP contribution >= 0.6 is 11.6 Å². The molecule has 1 N–H and O–H groups in total. The summed E-state index contributed by atoms with van der Waals surface area (Å²) in [5.74, 6) is -0.699. The Morgan fingerprint density at radius 1 is 1.32 bits per heavy atom. The Morgan fingerprint density at radius 2 is 1.89 bits per heavy atom. The first-order chi connectivity index (χ1) is 8.79. The van der Waals surface area contributed by atoms with Crippen LogP contribution in [-0.2, 0) is 11.0 Å². The minimum Gasteiger partial charge on any atom is -0.325 e. The second-order valence-corrected chi connectivity index (χ2v) is 4.63. The van der Waals surface area contributed by atoms with Crippen LogP contribution < -0.4 is 5.32 Å². The fourth-order valence-corrected chi connectivity index (χ4v) is 1.93.